The van der Waals surface area contributed by atoms with Gasteiger partial charge in [-0.05, 0) is 40.2 Å². The van der Waals surface area contributed by atoms with Gasteiger partial charge in [0.25, 0.3) is 0 Å². The first-order valence-electron chi connectivity index (χ1n) is 4.35. The quantitative estimate of drug-likeness (QED) is 0.795. The molecule has 0 unspecified atom stereocenters. The number of ether oxygens (including phenoxy) is 1. The van der Waals surface area contributed by atoms with Gasteiger partial charge >= 0.3 is 0 Å². The predicted octanol–water partition coefficient (Wildman–Crippen LogP) is 4.74. The molecule has 0 radical (unpaired) electrons. The Bertz CT molecular complexity index is 455. The van der Waals surface area contributed by atoms with Crippen molar-refractivity contribution in [1.29, 1.82) is 0 Å². The second kappa shape index (κ2) is 5.01. The molecule has 0 aliphatic carbocycles. The van der Waals surface area contributed by atoms with Crippen molar-refractivity contribution >= 4 is 38.9 Å². The van der Waals surface area contributed by atoms with Gasteiger partial charge in [0.15, 0.2) is 0 Å². The largest absolute Gasteiger partial charge is 0.488 e. The molecule has 4 heteroatoms. The summed E-state index contributed by atoms with van der Waals surface area (Å²) >= 11 is 10.9. The molecule has 0 atom stereocenters. The molecule has 0 fully saturated rings. The van der Waals surface area contributed by atoms with Crippen LogP contribution in [-0.2, 0) is 6.61 Å². The van der Waals surface area contributed by atoms with Gasteiger partial charge in [-0.25, -0.2) is 0 Å². The van der Waals surface area contributed by atoms with Gasteiger partial charge in [-0.15, -0.1) is 11.3 Å². The van der Waals surface area contributed by atoms with Crippen molar-refractivity contribution in [2.45, 2.75) is 6.61 Å². The molecule has 0 bridgehead atoms. The zero-order valence-corrected chi connectivity index (χ0v) is 10.9. The van der Waals surface area contributed by atoms with Crippen molar-refractivity contribution in [2.75, 3.05) is 0 Å². The molecule has 0 spiro atoms. The second-order valence-electron chi connectivity index (χ2n) is 2.98. The minimum absolute atomic E-state index is 0.580. The minimum Gasteiger partial charge on any atom is -0.488 e. The number of hydrogen-bond acceptors (Lipinski definition) is 2. The first-order valence-corrected chi connectivity index (χ1v) is 6.40. The standard InChI is InChI=1S/C11H8BrClOS/c12-8-4-11(15-7-8)6-14-10-3-1-2-9(13)5-10/h1-5,7H,6H2. The van der Waals surface area contributed by atoms with E-state index in [-0.39, 0.29) is 0 Å². The molecule has 78 valence electrons. The average Bonchev–Trinajstić information content (AvgIpc) is 2.62. The van der Waals surface area contributed by atoms with Gasteiger partial charge in [-0.2, -0.15) is 0 Å². The van der Waals surface area contributed by atoms with Crippen LogP contribution in [0.5, 0.6) is 5.75 Å². The van der Waals surface area contributed by atoms with Crippen LogP contribution in [0.1, 0.15) is 4.88 Å². The Morgan fingerprint density at radius 1 is 1.33 bits per heavy atom. The van der Waals surface area contributed by atoms with Crippen molar-refractivity contribution in [1.82, 2.24) is 0 Å². The maximum Gasteiger partial charge on any atom is 0.122 e. The highest BCUT2D eigenvalue weighted by Crippen LogP contribution is 2.22. The van der Waals surface area contributed by atoms with Crippen LogP contribution in [0.2, 0.25) is 5.02 Å². The lowest BCUT2D eigenvalue weighted by molar-refractivity contribution is 0.310. The van der Waals surface area contributed by atoms with E-state index in [1.165, 1.54) is 4.88 Å². The van der Waals surface area contributed by atoms with Crippen LogP contribution in [0.25, 0.3) is 0 Å². The minimum atomic E-state index is 0.580. The molecular weight excluding hydrogens is 296 g/mol. The van der Waals surface area contributed by atoms with E-state index >= 15 is 0 Å². The van der Waals surface area contributed by atoms with E-state index < -0.39 is 0 Å². The molecule has 0 amide bonds. The van der Waals surface area contributed by atoms with Crippen molar-refractivity contribution in [2.24, 2.45) is 0 Å². The van der Waals surface area contributed by atoms with Gasteiger partial charge in [0, 0.05) is 19.8 Å². The summed E-state index contributed by atoms with van der Waals surface area (Å²) in [6, 6.07) is 9.46. The van der Waals surface area contributed by atoms with Crippen LogP contribution in [0.15, 0.2) is 40.2 Å². The fourth-order valence-corrected chi connectivity index (χ4v) is 2.68. The monoisotopic (exact) mass is 302 g/mol. The summed E-state index contributed by atoms with van der Waals surface area (Å²) in [5.41, 5.74) is 0. The second-order valence-corrected chi connectivity index (χ2v) is 5.33. The molecule has 2 rings (SSSR count). The van der Waals surface area contributed by atoms with E-state index in [0.717, 1.165) is 10.2 Å². The molecule has 1 heterocycles. The van der Waals surface area contributed by atoms with Crippen LogP contribution >= 0.6 is 38.9 Å². The highest BCUT2D eigenvalue weighted by atomic mass is 79.9. The third-order valence-corrected chi connectivity index (χ3v) is 3.71. The molecule has 0 aliphatic rings. The number of halogens is 2. The Kier molecular flexibility index (Phi) is 3.67. The Balaban J connectivity index is 1.99. The molecule has 0 aliphatic heterocycles. The van der Waals surface area contributed by atoms with Crippen LogP contribution in [0.3, 0.4) is 0 Å². The van der Waals surface area contributed by atoms with E-state index in [1.54, 1.807) is 11.3 Å². The van der Waals surface area contributed by atoms with Crippen molar-refractivity contribution in [3.05, 3.63) is 50.1 Å². The fourth-order valence-electron chi connectivity index (χ4n) is 1.14. The third kappa shape index (κ3) is 3.23. The highest BCUT2D eigenvalue weighted by Gasteiger charge is 1.99. The predicted molar refractivity (Wildman–Crippen MR) is 67.8 cm³/mol. The highest BCUT2D eigenvalue weighted by molar-refractivity contribution is 9.10. The third-order valence-electron chi connectivity index (χ3n) is 1.80. The lowest BCUT2D eigenvalue weighted by Crippen LogP contribution is -1.92. The van der Waals surface area contributed by atoms with Crippen LogP contribution in [-0.4, -0.2) is 0 Å². The van der Waals surface area contributed by atoms with Gasteiger partial charge in [0.2, 0.25) is 0 Å². The summed E-state index contributed by atoms with van der Waals surface area (Å²) in [5.74, 6) is 0.798. The van der Waals surface area contributed by atoms with Crippen LogP contribution < -0.4 is 4.74 Å². The maximum atomic E-state index is 5.85. The van der Waals surface area contributed by atoms with Crippen LogP contribution in [0, 0.1) is 0 Å². The van der Waals surface area contributed by atoms with Gasteiger partial charge in [0.05, 0.1) is 0 Å². The lowest BCUT2D eigenvalue weighted by Gasteiger charge is -2.04. The molecule has 1 nitrogen and oxygen atoms in total. The van der Waals surface area contributed by atoms with Gasteiger partial charge in [-0.3, -0.25) is 0 Å². The molecule has 0 N–H and O–H groups in total. The fraction of sp³-hybridized carbons (Fsp3) is 0.0909. The summed E-state index contributed by atoms with van der Waals surface area (Å²) in [6.45, 7) is 0.580. The number of benzene rings is 1. The Morgan fingerprint density at radius 3 is 2.87 bits per heavy atom. The molecule has 15 heavy (non-hydrogen) atoms. The number of rotatable bonds is 3. The van der Waals surface area contributed by atoms with Crippen molar-refractivity contribution in [3.8, 4) is 5.75 Å². The van der Waals surface area contributed by atoms with E-state index in [2.05, 4.69) is 22.0 Å². The summed E-state index contributed by atoms with van der Waals surface area (Å²) in [4.78, 5) is 1.18. The molecule has 1 aromatic carbocycles. The Morgan fingerprint density at radius 2 is 2.20 bits per heavy atom. The van der Waals surface area contributed by atoms with Gasteiger partial charge in [0.1, 0.15) is 12.4 Å². The Hall–Kier alpha value is -0.510. The SMILES string of the molecule is Clc1cccc(OCc2cc(Br)cs2)c1. The summed E-state index contributed by atoms with van der Waals surface area (Å²) in [7, 11) is 0. The Labute approximate surface area is 106 Å². The first-order chi connectivity index (χ1) is 7.24. The normalized spacial score (nSPS) is 10.3. The number of hydrogen-bond donors (Lipinski definition) is 0. The van der Waals surface area contributed by atoms with E-state index in [0.29, 0.717) is 11.6 Å². The van der Waals surface area contributed by atoms with Gasteiger partial charge in [-0.1, -0.05) is 17.7 Å². The topological polar surface area (TPSA) is 9.23 Å². The van der Waals surface area contributed by atoms with E-state index in [1.807, 2.05) is 29.6 Å². The van der Waals surface area contributed by atoms with E-state index in [9.17, 15) is 0 Å². The van der Waals surface area contributed by atoms with Crippen molar-refractivity contribution < 1.29 is 4.74 Å². The smallest absolute Gasteiger partial charge is 0.122 e. The van der Waals surface area contributed by atoms with Crippen LogP contribution in [0.4, 0.5) is 0 Å². The molecule has 0 saturated carbocycles. The molecule has 2 aromatic rings. The van der Waals surface area contributed by atoms with Gasteiger partial charge < -0.3 is 4.74 Å². The first kappa shape index (κ1) is 11.0. The maximum absolute atomic E-state index is 5.85. The molecule has 0 saturated heterocycles. The molecular formula is C11H8BrClOS. The zero-order chi connectivity index (χ0) is 10.7. The van der Waals surface area contributed by atoms with Crippen molar-refractivity contribution in [3.63, 3.8) is 0 Å². The zero-order valence-electron chi connectivity index (χ0n) is 7.74. The summed E-state index contributed by atoms with van der Waals surface area (Å²) < 4.78 is 6.69. The molecule has 1 aromatic heterocycles. The number of thiophene rings is 1. The summed E-state index contributed by atoms with van der Waals surface area (Å²) in [5, 5.41) is 2.73. The van der Waals surface area contributed by atoms with E-state index in [4.69, 9.17) is 16.3 Å². The summed E-state index contributed by atoms with van der Waals surface area (Å²) in [6.07, 6.45) is 0. The average molecular weight is 304 g/mol. The lowest BCUT2D eigenvalue weighted by atomic mass is 10.3.